The first-order valence-electron chi connectivity index (χ1n) is 4.84. The third kappa shape index (κ3) is 3.50. The van der Waals surface area contributed by atoms with Crippen LogP contribution in [0.4, 0.5) is 5.82 Å². The molecule has 0 spiro atoms. The molecular formula is C12H8BrIN2O. The van der Waals surface area contributed by atoms with Gasteiger partial charge in [0.1, 0.15) is 10.4 Å². The maximum Gasteiger partial charge on any atom is 0.256 e. The summed E-state index contributed by atoms with van der Waals surface area (Å²) < 4.78 is 1.79. The van der Waals surface area contributed by atoms with E-state index >= 15 is 0 Å². The predicted molar refractivity (Wildman–Crippen MR) is 79.0 cm³/mol. The fourth-order valence-corrected chi connectivity index (χ4v) is 1.97. The molecule has 2 aromatic rings. The van der Waals surface area contributed by atoms with Crippen molar-refractivity contribution < 1.29 is 4.79 Å². The van der Waals surface area contributed by atoms with Crippen molar-refractivity contribution in [1.82, 2.24) is 4.98 Å². The SMILES string of the molecule is O=C(Nc1cccc(Br)n1)c1ccc(I)cc1. The number of hydrogen-bond acceptors (Lipinski definition) is 2. The Morgan fingerprint density at radius 3 is 2.53 bits per heavy atom. The lowest BCUT2D eigenvalue weighted by molar-refractivity contribution is 0.102. The number of carbonyl (C=O) groups excluding carboxylic acids is 1. The number of carbonyl (C=O) groups is 1. The number of rotatable bonds is 2. The Morgan fingerprint density at radius 1 is 1.18 bits per heavy atom. The topological polar surface area (TPSA) is 42.0 Å². The Bertz CT molecular complexity index is 542. The molecule has 1 aromatic heterocycles. The van der Waals surface area contributed by atoms with Crippen molar-refractivity contribution in [2.75, 3.05) is 5.32 Å². The van der Waals surface area contributed by atoms with E-state index in [1.807, 2.05) is 18.2 Å². The van der Waals surface area contributed by atoms with Crippen LogP contribution < -0.4 is 5.32 Å². The van der Waals surface area contributed by atoms with Crippen LogP contribution in [0, 0.1) is 3.57 Å². The minimum absolute atomic E-state index is 0.160. The normalized spacial score (nSPS) is 10.0. The van der Waals surface area contributed by atoms with Gasteiger partial charge in [-0.3, -0.25) is 4.79 Å². The highest BCUT2D eigenvalue weighted by molar-refractivity contribution is 14.1. The Labute approximate surface area is 121 Å². The Kier molecular flexibility index (Phi) is 4.11. The number of halogens is 2. The molecule has 1 N–H and O–H groups in total. The van der Waals surface area contributed by atoms with Crippen molar-refractivity contribution in [2.24, 2.45) is 0 Å². The van der Waals surface area contributed by atoms with Crippen molar-refractivity contribution in [1.29, 1.82) is 0 Å². The van der Waals surface area contributed by atoms with Crippen molar-refractivity contribution in [2.45, 2.75) is 0 Å². The first-order chi connectivity index (χ1) is 8.15. The largest absolute Gasteiger partial charge is 0.307 e. The molecule has 0 atom stereocenters. The van der Waals surface area contributed by atoms with Crippen LogP contribution in [0.5, 0.6) is 0 Å². The van der Waals surface area contributed by atoms with Gasteiger partial charge in [-0.15, -0.1) is 0 Å². The van der Waals surface area contributed by atoms with E-state index in [1.165, 1.54) is 0 Å². The lowest BCUT2D eigenvalue weighted by atomic mass is 10.2. The van der Waals surface area contributed by atoms with Gasteiger partial charge < -0.3 is 5.32 Å². The number of hydrogen-bond donors (Lipinski definition) is 1. The van der Waals surface area contributed by atoms with Crippen molar-refractivity contribution in [3.05, 3.63) is 56.2 Å². The van der Waals surface area contributed by atoms with E-state index in [0.29, 0.717) is 16.0 Å². The maximum absolute atomic E-state index is 11.9. The van der Waals surface area contributed by atoms with Crippen LogP contribution in [-0.2, 0) is 0 Å². The highest BCUT2D eigenvalue weighted by atomic mass is 127. The summed E-state index contributed by atoms with van der Waals surface area (Å²) in [7, 11) is 0. The molecule has 0 bridgehead atoms. The summed E-state index contributed by atoms with van der Waals surface area (Å²) in [4.78, 5) is 16.0. The standard InChI is InChI=1S/C12H8BrIN2O/c13-10-2-1-3-11(15-10)16-12(17)8-4-6-9(14)7-5-8/h1-7H,(H,15,16,17). The minimum Gasteiger partial charge on any atom is -0.307 e. The first kappa shape index (κ1) is 12.5. The van der Waals surface area contributed by atoms with E-state index < -0.39 is 0 Å². The Hall–Kier alpha value is -0.950. The Morgan fingerprint density at radius 2 is 1.88 bits per heavy atom. The summed E-state index contributed by atoms with van der Waals surface area (Å²) in [5.74, 6) is 0.370. The molecule has 0 aliphatic heterocycles. The van der Waals surface area contributed by atoms with Crippen LogP contribution in [0.15, 0.2) is 47.1 Å². The summed E-state index contributed by atoms with van der Waals surface area (Å²) in [5, 5.41) is 2.74. The molecule has 1 amide bonds. The molecule has 0 aliphatic carbocycles. The third-order valence-corrected chi connectivity index (χ3v) is 3.22. The predicted octanol–water partition coefficient (Wildman–Crippen LogP) is 3.70. The van der Waals surface area contributed by atoms with E-state index in [1.54, 1.807) is 24.3 Å². The van der Waals surface area contributed by atoms with Crippen LogP contribution in [0.2, 0.25) is 0 Å². The number of amides is 1. The van der Waals surface area contributed by atoms with Crippen LogP contribution in [0.1, 0.15) is 10.4 Å². The summed E-state index contributed by atoms with van der Waals surface area (Å²) in [5.41, 5.74) is 0.618. The molecule has 2 rings (SSSR count). The monoisotopic (exact) mass is 402 g/mol. The zero-order valence-electron chi connectivity index (χ0n) is 8.65. The third-order valence-electron chi connectivity index (χ3n) is 2.06. The molecule has 0 unspecified atom stereocenters. The van der Waals surface area contributed by atoms with Gasteiger partial charge in [0, 0.05) is 9.13 Å². The average molecular weight is 403 g/mol. The van der Waals surface area contributed by atoms with Crippen molar-refractivity contribution in [3.8, 4) is 0 Å². The highest BCUT2D eigenvalue weighted by Crippen LogP contribution is 2.12. The van der Waals surface area contributed by atoms with Crippen LogP contribution >= 0.6 is 38.5 Å². The fourth-order valence-electron chi connectivity index (χ4n) is 1.27. The molecule has 0 fully saturated rings. The molecule has 0 radical (unpaired) electrons. The second kappa shape index (κ2) is 5.59. The van der Waals surface area contributed by atoms with E-state index in [9.17, 15) is 4.79 Å². The number of anilines is 1. The number of pyridine rings is 1. The molecule has 5 heteroatoms. The van der Waals surface area contributed by atoms with Gasteiger partial charge in [-0.1, -0.05) is 6.07 Å². The number of benzene rings is 1. The Balaban J connectivity index is 2.14. The molecule has 1 heterocycles. The van der Waals surface area contributed by atoms with Crippen LogP contribution in [-0.4, -0.2) is 10.9 Å². The fraction of sp³-hybridized carbons (Fsp3) is 0. The van der Waals surface area contributed by atoms with Crippen molar-refractivity contribution in [3.63, 3.8) is 0 Å². The van der Waals surface area contributed by atoms with Crippen LogP contribution in [0.25, 0.3) is 0 Å². The molecule has 86 valence electrons. The summed E-state index contributed by atoms with van der Waals surface area (Å²) in [6, 6.07) is 12.7. The molecule has 0 saturated carbocycles. The van der Waals surface area contributed by atoms with Gasteiger partial charge >= 0.3 is 0 Å². The zero-order chi connectivity index (χ0) is 12.3. The molecule has 3 nitrogen and oxygen atoms in total. The number of nitrogens with one attached hydrogen (secondary N) is 1. The zero-order valence-corrected chi connectivity index (χ0v) is 12.4. The quantitative estimate of drug-likeness (QED) is 0.614. The lowest BCUT2D eigenvalue weighted by Crippen LogP contribution is -2.12. The molecule has 0 aliphatic rings. The van der Waals surface area contributed by atoms with E-state index in [0.717, 1.165) is 3.57 Å². The minimum atomic E-state index is -0.160. The van der Waals surface area contributed by atoms with Gasteiger partial charge in [0.05, 0.1) is 0 Å². The van der Waals surface area contributed by atoms with E-state index in [4.69, 9.17) is 0 Å². The van der Waals surface area contributed by atoms with Gasteiger partial charge in [0.25, 0.3) is 5.91 Å². The first-order valence-corrected chi connectivity index (χ1v) is 6.72. The molecule has 1 aromatic carbocycles. The maximum atomic E-state index is 11.9. The molecular weight excluding hydrogens is 395 g/mol. The smallest absolute Gasteiger partial charge is 0.256 e. The summed E-state index contributed by atoms with van der Waals surface area (Å²) in [6.07, 6.45) is 0. The number of aromatic nitrogens is 1. The second-order valence-corrected chi connectivity index (χ2v) is 5.36. The summed E-state index contributed by atoms with van der Waals surface area (Å²) in [6.45, 7) is 0. The van der Waals surface area contributed by atoms with E-state index in [-0.39, 0.29) is 5.91 Å². The lowest BCUT2D eigenvalue weighted by Gasteiger charge is -2.04. The number of nitrogens with zero attached hydrogens (tertiary/aromatic N) is 1. The van der Waals surface area contributed by atoms with Gasteiger partial charge in [-0.25, -0.2) is 4.98 Å². The van der Waals surface area contributed by atoms with E-state index in [2.05, 4.69) is 48.8 Å². The van der Waals surface area contributed by atoms with Crippen molar-refractivity contribution >= 4 is 50.2 Å². The van der Waals surface area contributed by atoms with Crippen LogP contribution in [0.3, 0.4) is 0 Å². The molecule has 17 heavy (non-hydrogen) atoms. The van der Waals surface area contributed by atoms with Gasteiger partial charge in [0.15, 0.2) is 0 Å². The average Bonchev–Trinajstić information content (AvgIpc) is 2.29. The van der Waals surface area contributed by atoms with Gasteiger partial charge in [-0.2, -0.15) is 0 Å². The molecule has 0 saturated heterocycles. The highest BCUT2D eigenvalue weighted by Gasteiger charge is 2.06. The van der Waals surface area contributed by atoms with Gasteiger partial charge in [0.2, 0.25) is 0 Å². The second-order valence-electron chi connectivity index (χ2n) is 3.31. The van der Waals surface area contributed by atoms with Gasteiger partial charge in [-0.05, 0) is 74.9 Å². The summed E-state index contributed by atoms with van der Waals surface area (Å²) >= 11 is 5.45.